The van der Waals surface area contributed by atoms with Crippen molar-refractivity contribution >= 4 is 50.2 Å². The Hall–Kier alpha value is -4.72. The van der Waals surface area contributed by atoms with Gasteiger partial charge in [-0.1, -0.05) is 70.9 Å². The van der Waals surface area contributed by atoms with Gasteiger partial charge in [-0.2, -0.15) is 5.26 Å². The normalized spacial score (nSPS) is 14.6. The van der Waals surface area contributed by atoms with Crippen LogP contribution in [0.1, 0.15) is 55.0 Å². The third kappa shape index (κ3) is 5.84. The molecule has 1 aliphatic heterocycles. The molecule has 1 aliphatic rings. The standard InChI is InChI=1S/C36H31BrN4O4S/c1-4-8-28-32(35(43)45-5-2)33(27-18-25(37)15-16-30(27)44-3)41-34(42)31(46-36(41)39-28)17-24-21-40(29-10-7-6-9-26(24)29)20-23-13-11-22(19-38)12-14-23/h6-7,9-18,21,33H,4-5,8,20H2,1-3H3/b31-17+/t33-/m1/s1. The summed E-state index contributed by atoms with van der Waals surface area (Å²) in [5.41, 5.74) is 4.96. The van der Waals surface area contributed by atoms with Gasteiger partial charge in [0.2, 0.25) is 0 Å². The number of thiazole rings is 1. The number of nitrogens with zero attached hydrogens (tertiary/aromatic N) is 4. The number of para-hydroxylation sites is 1. The minimum absolute atomic E-state index is 0.195. The highest BCUT2D eigenvalue weighted by atomic mass is 79.9. The number of esters is 1. The van der Waals surface area contributed by atoms with E-state index in [1.165, 1.54) is 11.3 Å². The second kappa shape index (κ2) is 13.3. The number of carbonyl (C=O) groups is 1. The molecule has 0 saturated heterocycles. The first-order valence-corrected chi connectivity index (χ1v) is 16.6. The van der Waals surface area contributed by atoms with Gasteiger partial charge in [0.25, 0.3) is 5.56 Å². The highest BCUT2D eigenvalue weighted by Gasteiger charge is 2.36. The topological polar surface area (TPSA) is 98.6 Å². The van der Waals surface area contributed by atoms with E-state index in [0.29, 0.717) is 50.4 Å². The lowest BCUT2D eigenvalue weighted by molar-refractivity contribution is -0.139. The Morgan fingerprint density at radius 2 is 1.91 bits per heavy atom. The van der Waals surface area contributed by atoms with Crippen LogP contribution in [-0.4, -0.2) is 28.8 Å². The van der Waals surface area contributed by atoms with Gasteiger partial charge in [0.1, 0.15) is 11.8 Å². The first-order chi connectivity index (χ1) is 22.4. The summed E-state index contributed by atoms with van der Waals surface area (Å²) in [7, 11) is 1.57. The smallest absolute Gasteiger partial charge is 0.338 e. The number of fused-ring (bicyclic) bond motifs is 2. The molecule has 6 rings (SSSR count). The minimum atomic E-state index is -0.788. The van der Waals surface area contributed by atoms with Crippen LogP contribution >= 0.6 is 27.3 Å². The Bertz CT molecular complexity index is 2220. The van der Waals surface area contributed by atoms with E-state index in [1.54, 1.807) is 18.6 Å². The number of rotatable bonds is 9. The fourth-order valence-corrected chi connectivity index (χ4v) is 7.27. The average Bonchev–Trinajstić information content (AvgIpc) is 3.57. The van der Waals surface area contributed by atoms with E-state index in [0.717, 1.165) is 32.9 Å². The molecular formula is C36H31BrN4O4S. The average molecular weight is 696 g/mol. The zero-order chi connectivity index (χ0) is 32.4. The Balaban J connectivity index is 1.55. The maximum Gasteiger partial charge on any atom is 0.338 e. The molecule has 10 heteroatoms. The third-order valence-electron chi connectivity index (χ3n) is 7.92. The number of carbonyl (C=O) groups excluding carboxylic acids is 1. The molecular weight excluding hydrogens is 664 g/mol. The molecule has 0 amide bonds. The van der Waals surface area contributed by atoms with Crippen LogP contribution in [0.3, 0.4) is 0 Å². The molecule has 3 heterocycles. The summed E-state index contributed by atoms with van der Waals surface area (Å²) in [6.45, 7) is 4.59. The van der Waals surface area contributed by atoms with Crippen molar-refractivity contribution < 1.29 is 14.3 Å². The molecule has 0 fully saturated rings. The Morgan fingerprint density at radius 3 is 2.63 bits per heavy atom. The van der Waals surface area contributed by atoms with Crippen LogP contribution < -0.4 is 19.6 Å². The highest BCUT2D eigenvalue weighted by molar-refractivity contribution is 9.10. The lowest BCUT2D eigenvalue weighted by Crippen LogP contribution is -2.40. The van der Waals surface area contributed by atoms with Gasteiger partial charge in [0.05, 0.1) is 41.2 Å². The Kier molecular flexibility index (Phi) is 9.06. The molecule has 0 unspecified atom stereocenters. The first kappa shape index (κ1) is 31.3. The van der Waals surface area contributed by atoms with Crippen LogP contribution in [0.5, 0.6) is 5.75 Å². The summed E-state index contributed by atoms with van der Waals surface area (Å²) >= 11 is 4.88. The molecule has 0 spiro atoms. The highest BCUT2D eigenvalue weighted by Crippen LogP contribution is 2.38. The molecule has 0 radical (unpaired) electrons. The maximum atomic E-state index is 14.4. The van der Waals surface area contributed by atoms with Crippen molar-refractivity contribution in [1.82, 2.24) is 9.13 Å². The number of benzene rings is 3. The Labute approximate surface area is 278 Å². The van der Waals surface area contributed by atoms with E-state index < -0.39 is 12.0 Å². The largest absolute Gasteiger partial charge is 0.496 e. The van der Waals surface area contributed by atoms with Crippen molar-refractivity contribution in [1.29, 1.82) is 5.26 Å². The second-order valence-electron chi connectivity index (χ2n) is 10.8. The number of halogens is 1. The Morgan fingerprint density at radius 1 is 1.13 bits per heavy atom. The SMILES string of the molecule is CCCC1=C(C(=O)OCC)[C@@H](c2cc(Br)ccc2OC)n2c(s/c(=C/c3cn(Cc4ccc(C#N)cc4)c4ccccc34)c2=O)=N1. The van der Waals surface area contributed by atoms with Gasteiger partial charge < -0.3 is 14.0 Å². The predicted molar refractivity (Wildman–Crippen MR) is 183 cm³/mol. The van der Waals surface area contributed by atoms with E-state index in [9.17, 15) is 14.9 Å². The number of aromatic nitrogens is 2. The van der Waals surface area contributed by atoms with Crippen molar-refractivity contribution in [2.45, 2.75) is 39.3 Å². The summed E-state index contributed by atoms with van der Waals surface area (Å²) in [6, 6.07) is 22.6. The van der Waals surface area contributed by atoms with Crippen molar-refractivity contribution in [2.75, 3.05) is 13.7 Å². The number of methoxy groups -OCH3 is 1. The van der Waals surface area contributed by atoms with E-state index in [4.69, 9.17) is 14.5 Å². The minimum Gasteiger partial charge on any atom is -0.496 e. The van der Waals surface area contributed by atoms with Gasteiger partial charge in [0.15, 0.2) is 4.80 Å². The predicted octanol–water partition coefficient (Wildman–Crippen LogP) is 6.22. The summed E-state index contributed by atoms with van der Waals surface area (Å²) in [4.78, 5) is 33.4. The van der Waals surface area contributed by atoms with Gasteiger partial charge >= 0.3 is 5.97 Å². The first-order valence-electron chi connectivity index (χ1n) is 15.0. The molecule has 3 aromatic carbocycles. The molecule has 46 heavy (non-hydrogen) atoms. The van der Waals surface area contributed by atoms with Gasteiger partial charge in [-0.3, -0.25) is 9.36 Å². The van der Waals surface area contributed by atoms with Crippen molar-refractivity contribution in [3.05, 3.63) is 131 Å². The summed E-state index contributed by atoms with van der Waals surface area (Å²) in [6.07, 6.45) is 5.26. The molecule has 8 nitrogen and oxygen atoms in total. The number of ether oxygens (including phenoxy) is 2. The number of hydrogen-bond acceptors (Lipinski definition) is 7. The van der Waals surface area contributed by atoms with Gasteiger partial charge in [-0.05, 0) is 61.4 Å². The lowest BCUT2D eigenvalue weighted by atomic mass is 9.93. The molecule has 0 aliphatic carbocycles. The van der Waals surface area contributed by atoms with Gasteiger partial charge in [-0.25, -0.2) is 9.79 Å². The van der Waals surface area contributed by atoms with Crippen molar-refractivity contribution in [3.63, 3.8) is 0 Å². The lowest BCUT2D eigenvalue weighted by Gasteiger charge is -2.27. The molecule has 0 N–H and O–H groups in total. The molecule has 2 aromatic heterocycles. The molecule has 1 atom stereocenters. The number of nitriles is 1. The fourth-order valence-electron chi connectivity index (χ4n) is 5.88. The van der Waals surface area contributed by atoms with E-state index in [1.807, 2.05) is 79.9 Å². The zero-order valence-corrected chi connectivity index (χ0v) is 28.0. The van der Waals surface area contributed by atoms with Crippen LogP contribution in [0.2, 0.25) is 0 Å². The molecule has 5 aromatic rings. The second-order valence-corrected chi connectivity index (χ2v) is 12.8. The monoisotopic (exact) mass is 694 g/mol. The van der Waals surface area contributed by atoms with Crippen LogP contribution in [0, 0.1) is 11.3 Å². The van der Waals surface area contributed by atoms with E-state index in [2.05, 4.69) is 32.6 Å². The van der Waals surface area contributed by atoms with Gasteiger partial charge in [-0.15, -0.1) is 0 Å². The summed E-state index contributed by atoms with van der Waals surface area (Å²) in [5, 5.41) is 10.2. The van der Waals surface area contributed by atoms with Gasteiger partial charge in [0, 0.05) is 39.2 Å². The van der Waals surface area contributed by atoms with Crippen molar-refractivity contribution in [2.24, 2.45) is 4.99 Å². The quantitative estimate of drug-likeness (QED) is 0.171. The summed E-state index contributed by atoms with van der Waals surface area (Å²) in [5.74, 6) is 0.0510. The fraction of sp³-hybridized carbons (Fsp3) is 0.222. The zero-order valence-electron chi connectivity index (χ0n) is 25.6. The van der Waals surface area contributed by atoms with Crippen molar-refractivity contribution in [3.8, 4) is 11.8 Å². The summed E-state index contributed by atoms with van der Waals surface area (Å²) < 4.78 is 16.3. The molecule has 232 valence electrons. The molecule has 0 bridgehead atoms. The van der Waals surface area contributed by atoms with Crippen LogP contribution in [0.15, 0.2) is 98.5 Å². The van der Waals surface area contributed by atoms with E-state index in [-0.39, 0.29) is 12.2 Å². The maximum absolute atomic E-state index is 14.4. The number of allylic oxidation sites excluding steroid dienone is 1. The molecule has 0 saturated carbocycles. The van der Waals surface area contributed by atoms with Crippen LogP contribution in [0.25, 0.3) is 17.0 Å². The van der Waals surface area contributed by atoms with Crippen LogP contribution in [-0.2, 0) is 16.1 Å². The van der Waals surface area contributed by atoms with Crippen LogP contribution in [0.4, 0.5) is 0 Å². The number of hydrogen-bond donors (Lipinski definition) is 0. The van der Waals surface area contributed by atoms with E-state index >= 15 is 0 Å². The third-order valence-corrected chi connectivity index (χ3v) is 9.40.